The zero-order valence-corrected chi connectivity index (χ0v) is 9.57. The molecule has 1 fully saturated rings. The summed E-state index contributed by atoms with van der Waals surface area (Å²) >= 11 is 0. The first-order valence-corrected chi connectivity index (χ1v) is 6.57. The van der Waals surface area contributed by atoms with Crippen LogP contribution in [0.25, 0.3) is 11.1 Å². The van der Waals surface area contributed by atoms with E-state index in [9.17, 15) is 8.42 Å². The fourth-order valence-electron chi connectivity index (χ4n) is 1.78. The minimum atomic E-state index is -3.60. The predicted octanol–water partition coefficient (Wildman–Crippen LogP) is 1.66. The molecule has 1 saturated carbocycles. The average Bonchev–Trinajstić information content (AvgIpc) is 3.00. The SMILES string of the molecule is N#CC1(S(=O)(=O)c2ccc3ncoc3c2)CC1. The molecule has 1 heterocycles. The van der Waals surface area contributed by atoms with Gasteiger partial charge in [0, 0.05) is 6.07 Å². The number of nitrogens with zero attached hydrogens (tertiary/aromatic N) is 2. The molecule has 0 aliphatic heterocycles. The number of sulfone groups is 1. The monoisotopic (exact) mass is 248 g/mol. The van der Waals surface area contributed by atoms with Gasteiger partial charge in [-0.2, -0.15) is 5.26 Å². The van der Waals surface area contributed by atoms with E-state index in [0.29, 0.717) is 23.9 Å². The molecule has 1 aromatic carbocycles. The lowest BCUT2D eigenvalue weighted by Crippen LogP contribution is -2.21. The number of benzene rings is 1. The van der Waals surface area contributed by atoms with Crippen LogP contribution >= 0.6 is 0 Å². The van der Waals surface area contributed by atoms with Crippen LogP contribution in [0.4, 0.5) is 0 Å². The summed E-state index contributed by atoms with van der Waals surface area (Å²) in [6.45, 7) is 0. The van der Waals surface area contributed by atoms with Crippen LogP contribution in [0.2, 0.25) is 0 Å². The second kappa shape index (κ2) is 3.08. The van der Waals surface area contributed by atoms with Crippen LogP contribution in [-0.4, -0.2) is 18.1 Å². The Kier molecular flexibility index (Phi) is 1.86. The summed E-state index contributed by atoms with van der Waals surface area (Å²) in [6.07, 6.45) is 2.07. The zero-order valence-electron chi connectivity index (χ0n) is 8.75. The minimum Gasteiger partial charge on any atom is -0.443 e. The van der Waals surface area contributed by atoms with Gasteiger partial charge in [-0.1, -0.05) is 0 Å². The lowest BCUT2D eigenvalue weighted by atomic mass is 10.3. The summed E-state index contributed by atoms with van der Waals surface area (Å²) in [5.74, 6) is 0. The number of oxazole rings is 1. The average molecular weight is 248 g/mol. The van der Waals surface area contributed by atoms with Crippen LogP contribution in [-0.2, 0) is 9.84 Å². The molecule has 0 saturated heterocycles. The van der Waals surface area contributed by atoms with Gasteiger partial charge < -0.3 is 4.42 Å². The lowest BCUT2D eigenvalue weighted by Gasteiger charge is -2.07. The Morgan fingerprint density at radius 3 is 2.82 bits per heavy atom. The topological polar surface area (TPSA) is 84.0 Å². The number of hydrogen-bond acceptors (Lipinski definition) is 5. The van der Waals surface area contributed by atoms with Crippen molar-refractivity contribution in [2.24, 2.45) is 0 Å². The van der Waals surface area contributed by atoms with Crippen molar-refractivity contribution in [2.45, 2.75) is 22.5 Å². The predicted molar refractivity (Wildman–Crippen MR) is 58.8 cm³/mol. The Labute approximate surface area is 97.6 Å². The number of nitriles is 1. The molecule has 6 heteroatoms. The first-order valence-electron chi connectivity index (χ1n) is 5.08. The maximum atomic E-state index is 12.2. The van der Waals surface area contributed by atoms with Gasteiger partial charge in [-0.15, -0.1) is 0 Å². The molecule has 2 aromatic rings. The van der Waals surface area contributed by atoms with E-state index in [0.717, 1.165) is 0 Å². The quantitative estimate of drug-likeness (QED) is 0.806. The van der Waals surface area contributed by atoms with E-state index in [1.807, 2.05) is 6.07 Å². The zero-order chi connectivity index (χ0) is 12.1. The minimum absolute atomic E-state index is 0.126. The molecular weight excluding hydrogens is 240 g/mol. The van der Waals surface area contributed by atoms with Crippen molar-refractivity contribution in [3.8, 4) is 6.07 Å². The molecule has 86 valence electrons. The number of aromatic nitrogens is 1. The van der Waals surface area contributed by atoms with E-state index in [4.69, 9.17) is 9.68 Å². The van der Waals surface area contributed by atoms with Crippen molar-refractivity contribution in [1.29, 1.82) is 5.26 Å². The van der Waals surface area contributed by atoms with Gasteiger partial charge in [0.05, 0.1) is 11.0 Å². The standard InChI is InChI=1S/C11H8N2O3S/c12-6-11(3-4-11)17(14,15)8-1-2-9-10(5-8)16-7-13-9/h1-2,5,7H,3-4H2. The fraction of sp³-hybridized carbons (Fsp3) is 0.273. The van der Waals surface area contributed by atoms with Crippen molar-refractivity contribution in [3.63, 3.8) is 0 Å². The molecule has 0 amide bonds. The molecule has 1 aromatic heterocycles. The Morgan fingerprint density at radius 1 is 1.41 bits per heavy atom. The normalized spacial score (nSPS) is 17.8. The van der Waals surface area contributed by atoms with E-state index in [1.54, 1.807) is 6.07 Å². The van der Waals surface area contributed by atoms with Gasteiger partial charge in [0.15, 0.2) is 26.6 Å². The summed E-state index contributed by atoms with van der Waals surface area (Å²) in [4.78, 5) is 4.04. The molecule has 1 aliphatic carbocycles. The highest BCUT2D eigenvalue weighted by molar-refractivity contribution is 7.93. The Bertz CT molecular complexity index is 735. The lowest BCUT2D eigenvalue weighted by molar-refractivity contribution is 0.585. The summed E-state index contributed by atoms with van der Waals surface area (Å²) < 4.78 is 28.3. The van der Waals surface area contributed by atoms with E-state index in [1.165, 1.54) is 18.5 Å². The van der Waals surface area contributed by atoms with Gasteiger partial charge in [0.25, 0.3) is 0 Å². The summed E-state index contributed by atoms with van der Waals surface area (Å²) in [5.41, 5.74) is 1.02. The fourth-order valence-corrected chi connectivity index (χ4v) is 3.50. The summed E-state index contributed by atoms with van der Waals surface area (Å²) in [7, 11) is -3.60. The third-order valence-electron chi connectivity index (χ3n) is 3.04. The molecule has 0 bridgehead atoms. The Balaban J connectivity index is 2.19. The van der Waals surface area contributed by atoms with Crippen molar-refractivity contribution in [1.82, 2.24) is 4.98 Å². The molecule has 0 N–H and O–H groups in total. The third kappa shape index (κ3) is 1.29. The smallest absolute Gasteiger partial charge is 0.197 e. The summed E-state index contributed by atoms with van der Waals surface area (Å²) in [5, 5.41) is 8.96. The number of fused-ring (bicyclic) bond motifs is 1. The van der Waals surface area contributed by atoms with Gasteiger partial charge in [-0.25, -0.2) is 13.4 Å². The first kappa shape index (κ1) is 10.3. The van der Waals surface area contributed by atoms with Crippen LogP contribution in [0.5, 0.6) is 0 Å². The van der Waals surface area contributed by atoms with E-state index >= 15 is 0 Å². The molecule has 0 unspecified atom stereocenters. The van der Waals surface area contributed by atoms with Crippen molar-refractivity contribution < 1.29 is 12.8 Å². The Morgan fingerprint density at radius 2 is 2.18 bits per heavy atom. The van der Waals surface area contributed by atoms with Crippen LogP contribution in [0.1, 0.15) is 12.8 Å². The van der Waals surface area contributed by atoms with Gasteiger partial charge in [0.1, 0.15) is 5.52 Å². The van der Waals surface area contributed by atoms with E-state index < -0.39 is 14.6 Å². The van der Waals surface area contributed by atoms with Gasteiger partial charge in [0.2, 0.25) is 0 Å². The molecule has 5 nitrogen and oxygen atoms in total. The van der Waals surface area contributed by atoms with Crippen molar-refractivity contribution in [2.75, 3.05) is 0 Å². The van der Waals surface area contributed by atoms with Gasteiger partial charge >= 0.3 is 0 Å². The Hall–Kier alpha value is -1.87. The van der Waals surface area contributed by atoms with Gasteiger partial charge in [-0.05, 0) is 25.0 Å². The van der Waals surface area contributed by atoms with E-state index in [-0.39, 0.29) is 4.90 Å². The molecule has 0 spiro atoms. The second-order valence-electron chi connectivity index (χ2n) is 4.09. The highest BCUT2D eigenvalue weighted by Crippen LogP contribution is 2.46. The molecule has 0 radical (unpaired) electrons. The van der Waals surface area contributed by atoms with Gasteiger partial charge in [-0.3, -0.25) is 0 Å². The number of rotatable bonds is 2. The third-order valence-corrected chi connectivity index (χ3v) is 5.44. The van der Waals surface area contributed by atoms with Crippen LogP contribution < -0.4 is 0 Å². The van der Waals surface area contributed by atoms with Crippen LogP contribution in [0.3, 0.4) is 0 Å². The largest absolute Gasteiger partial charge is 0.443 e. The maximum absolute atomic E-state index is 12.2. The van der Waals surface area contributed by atoms with Crippen LogP contribution in [0, 0.1) is 11.3 Å². The molecular formula is C11H8N2O3S. The molecule has 0 atom stereocenters. The molecule has 3 rings (SSSR count). The second-order valence-corrected chi connectivity index (χ2v) is 6.35. The summed E-state index contributed by atoms with van der Waals surface area (Å²) in [6, 6.07) is 6.38. The van der Waals surface area contributed by atoms with Crippen LogP contribution in [0.15, 0.2) is 33.9 Å². The molecule has 1 aliphatic rings. The molecule has 17 heavy (non-hydrogen) atoms. The van der Waals surface area contributed by atoms with E-state index in [2.05, 4.69) is 4.98 Å². The highest BCUT2D eigenvalue weighted by atomic mass is 32.2. The number of hydrogen-bond donors (Lipinski definition) is 0. The first-order chi connectivity index (χ1) is 8.09. The maximum Gasteiger partial charge on any atom is 0.197 e. The van der Waals surface area contributed by atoms with Crippen molar-refractivity contribution in [3.05, 3.63) is 24.6 Å². The van der Waals surface area contributed by atoms with Crippen molar-refractivity contribution >= 4 is 20.9 Å². The highest BCUT2D eigenvalue weighted by Gasteiger charge is 2.56.